The van der Waals surface area contributed by atoms with Crippen LogP contribution < -0.4 is 10.6 Å². The highest BCUT2D eigenvalue weighted by molar-refractivity contribution is 7.09. The third-order valence-corrected chi connectivity index (χ3v) is 4.75. The summed E-state index contributed by atoms with van der Waals surface area (Å²) in [6.45, 7) is 8.17. The van der Waals surface area contributed by atoms with Crippen molar-refractivity contribution in [3.63, 3.8) is 0 Å². The van der Waals surface area contributed by atoms with Crippen LogP contribution in [0.3, 0.4) is 0 Å². The van der Waals surface area contributed by atoms with Gasteiger partial charge in [0.1, 0.15) is 0 Å². The standard InChI is InChI=1S/C20H27F3N4OS/c1-4-24-19(25-10-9-18-27-17(13-29-18)20(21,22)23)26-11-15-5-7-16(8-6-15)12-28-14(2)3/h5-8,13-14H,4,9-12H2,1-3H3,(H2,24,25,26). The first-order valence-corrected chi connectivity index (χ1v) is 10.4. The predicted molar refractivity (Wildman–Crippen MR) is 110 cm³/mol. The molecule has 2 N–H and O–H groups in total. The minimum absolute atomic E-state index is 0.192. The number of nitrogens with zero attached hydrogens (tertiary/aromatic N) is 2. The van der Waals surface area contributed by atoms with E-state index in [-0.39, 0.29) is 6.10 Å². The first-order valence-electron chi connectivity index (χ1n) is 9.51. The van der Waals surface area contributed by atoms with Gasteiger partial charge in [-0.15, -0.1) is 11.3 Å². The van der Waals surface area contributed by atoms with Crippen LogP contribution in [0.15, 0.2) is 34.6 Å². The van der Waals surface area contributed by atoms with E-state index in [1.807, 2.05) is 45.0 Å². The summed E-state index contributed by atoms with van der Waals surface area (Å²) in [5.41, 5.74) is 1.34. The number of hydrogen-bond donors (Lipinski definition) is 2. The molecule has 0 aliphatic heterocycles. The van der Waals surface area contributed by atoms with E-state index < -0.39 is 11.9 Å². The lowest BCUT2D eigenvalue weighted by atomic mass is 10.1. The summed E-state index contributed by atoms with van der Waals surface area (Å²) in [6, 6.07) is 8.07. The molecule has 29 heavy (non-hydrogen) atoms. The maximum atomic E-state index is 12.6. The van der Waals surface area contributed by atoms with Gasteiger partial charge in [-0.1, -0.05) is 24.3 Å². The zero-order valence-electron chi connectivity index (χ0n) is 16.8. The molecule has 0 saturated heterocycles. The summed E-state index contributed by atoms with van der Waals surface area (Å²) >= 11 is 1.02. The molecule has 0 fully saturated rings. The number of alkyl halides is 3. The molecule has 2 rings (SSSR count). The monoisotopic (exact) mass is 428 g/mol. The molecule has 0 aliphatic rings. The van der Waals surface area contributed by atoms with Crippen molar-refractivity contribution in [1.29, 1.82) is 0 Å². The summed E-state index contributed by atoms with van der Waals surface area (Å²) in [6.07, 6.45) is -3.80. The zero-order valence-corrected chi connectivity index (χ0v) is 17.7. The van der Waals surface area contributed by atoms with Crippen LogP contribution in [-0.4, -0.2) is 30.1 Å². The van der Waals surface area contributed by atoms with Crippen molar-refractivity contribution < 1.29 is 17.9 Å². The fourth-order valence-corrected chi connectivity index (χ4v) is 3.16. The van der Waals surface area contributed by atoms with E-state index in [4.69, 9.17) is 4.74 Å². The summed E-state index contributed by atoms with van der Waals surface area (Å²) < 4.78 is 43.4. The molecule has 0 spiro atoms. The number of guanidine groups is 1. The minimum atomic E-state index is -4.39. The Morgan fingerprint density at radius 2 is 1.86 bits per heavy atom. The fraction of sp³-hybridized carbons (Fsp3) is 0.500. The van der Waals surface area contributed by atoms with Crippen molar-refractivity contribution >= 4 is 17.3 Å². The Bertz CT molecular complexity index is 773. The number of rotatable bonds is 9. The number of ether oxygens (including phenoxy) is 1. The van der Waals surface area contributed by atoms with Gasteiger partial charge in [-0.25, -0.2) is 9.98 Å². The Hall–Kier alpha value is -2.13. The largest absolute Gasteiger partial charge is 0.434 e. The van der Waals surface area contributed by atoms with E-state index >= 15 is 0 Å². The van der Waals surface area contributed by atoms with Gasteiger partial charge in [-0.05, 0) is 31.9 Å². The summed E-state index contributed by atoms with van der Waals surface area (Å²) in [7, 11) is 0. The van der Waals surface area contributed by atoms with Crippen molar-refractivity contribution in [3.05, 3.63) is 51.5 Å². The van der Waals surface area contributed by atoms with Crippen LogP contribution >= 0.6 is 11.3 Å². The molecule has 1 heterocycles. The molecule has 0 saturated carbocycles. The van der Waals surface area contributed by atoms with Gasteiger partial charge >= 0.3 is 6.18 Å². The highest BCUT2D eigenvalue weighted by atomic mass is 32.1. The molecule has 160 valence electrons. The molecular weight excluding hydrogens is 401 g/mol. The Balaban J connectivity index is 1.85. The predicted octanol–water partition coefficient (Wildman–Crippen LogP) is 4.38. The molecule has 0 atom stereocenters. The maximum Gasteiger partial charge on any atom is 0.434 e. The lowest BCUT2D eigenvalue weighted by Crippen LogP contribution is -2.38. The van der Waals surface area contributed by atoms with Gasteiger partial charge in [0.15, 0.2) is 11.7 Å². The van der Waals surface area contributed by atoms with Crippen LogP contribution in [0.4, 0.5) is 13.2 Å². The van der Waals surface area contributed by atoms with Crippen molar-refractivity contribution in [1.82, 2.24) is 15.6 Å². The van der Waals surface area contributed by atoms with Crippen molar-refractivity contribution in [3.8, 4) is 0 Å². The van der Waals surface area contributed by atoms with E-state index in [0.29, 0.717) is 43.6 Å². The number of nitrogens with one attached hydrogen (secondary N) is 2. The Morgan fingerprint density at radius 3 is 2.45 bits per heavy atom. The van der Waals surface area contributed by atoms with Gasteiger partial charge in [0.25, 0.3) is 0 Å². The van der Waals surface area contributed by atoms with Gasteiger partial charge in [0.2, 0.25) is 0 Å². The van der Waals surface area contributed by atoms with Gasteiger partial charge in [-0.2, -0.15) is 13.2 Å². The maximum absolute atomic E-state index is 12.6. The molecule has 0 bridgehead atoms. The van der Waals surface area contributed by atoms with E-state index in [2.05, 4.69) is 20.6 Å². The number of aliphatic imine (C=N–C) groups is 1. The van der Waals surface area contributed by atoms with Crippen LogP contribution in [0.2, 0.25) is 0 Å². The average molecular weight is 429 g/mol. The highest BCUT2D eigenvalue weighted by Gasteiger charge is 2.33. The third kappa shape index (κ3) is 8.41. The smallest absolute Gasteiger partial charge is 0.374 e. The van der Waals surface area contributed by atoms with Gasteiger partial charge in [0, 0.05) is 24.9 Å². The Labute approximate surface area is 173 Å². The topological polar surface area (TPSA) is 58.5 Å². The molecule has 0 unspecified atom stereocenters. The lowest BCUT2D eigenvalue weighted by molar-refractivity contribution is -0.140. The van der Waals surface area contributed by atoms with Crippen LogP contribution in [0, 0.1) is 0 Å². The highest BCUT2D eigenvalue weighted by Crippen LogP contribution is 2.29. The second-order valence-corrected chi connectivity index (χ2v) is 7.62. The Morgan fingerprint density at radius 1 is 1.17 bits per heavy atom. The van der Waals surface area contributed by atoms with Crippen molar-refractivity contribution in [2.45, 2.75) is 52.6 Å². The fourth-order valence-electron chi connectivity index (χ4n) is 2.36. The lowest BCUT2D eigenvalue weighted by Gasteiger charge is -2.11. The normalized spacial score (nSPS) is 12.4. The van der Waals surface area contributed by atoms with Crippen LogP contribution in [-0.2, 0) is 30.5 Å². The molecule has 1 aromatic heterocycles. The molecule has 2 aromatic rings. The third-order valence-electron chi connectivity index (χ3n) is 3.84. The molecular formula is C20H27F3N4OS. The minimum Gasteiger partial charge on any atom is -0.374 e. The molecule has 0 radical (unpaired) electrons. The number of halogens is 3. The molecule has 9 heteroatoms. The zero-order chi connectivity index (χ0) is 21.3. The molecule has 5 nitrogen and oxygen atoms in total. The number of hydrogen-bond acceptors (Lipinski definition) is 4. The summed E-state index contributed by atoms with van der Waals surface area (Å²) in [5.74, 6) is 0.618. The van der Waals surface area contributed by atoms with E-state index in [0.717, 1.165) is 27.8 Å². The van der Waals surface area contributed by atoms with E-state index in [1.54, 1.807) is 0 Å². The Kier molecular flexibility index (Phi) is 8.91. The summed E-state index contributed by atoms with van der Waals surface area (Å²) in [4.78, 5) is 8.16. The van der Waals surface area contributed by atoms with Crippen LogP contribution in [0.25, 0.3) is 0 Å². The quantitative estimate of drug-likeness (QED) is 0.460. The van der Waals surface area contributed by atoms with Gasteiger partial charge in [-0.3, -0.25) is 0 Å². The van der Waals surface area contributed by atoms with Gasteiger partial charge < -0.3 is 15.4 Å². The van der Waals surface area contributed by atoms with Crippen molar-refractivity contribution in [2.24, 2.45) is 4.99 Å². The first-order chi connectivity index (χ1) is 13.8. The number of benzene rings is 1. The number of aromatic nitrogens is 1. The van der Waals surface area contributed by atoms with Crippen LogP contribution in [0.5, 0.6) is 0 Å². The van der Waals surface area contributed by atoms with Gasteiger partial charge in [0.05, 0.1) is 24.3 Å². The number of thiazole rings is 1. The van der Waals surface area contributed by atoms with E-state index in [1.165, 1.54) is 0 Å². The van der Waals surface area contributed by atoms with Crippen LogP contribution in [0.1, 0.15) is 42.6 Å². The summed E-state index contributed by atoms with van der Waals surface area (Å²) in [5, 5.41) is 7.76. The second-order valence-electron chi connectivity index (χ2n) is 6.67. The average Bonchev–Trinajstić information content (AvgIpc) is 3.14. The molecule has 0 amide bonds. The second kappa shape index (κ2) is 11.2. The molecule has 0 aliphatic carbocycles. The SMILES string of the molecule is CCNC(=NCc1ccc(COC(C)C)cc1)NCCc1nc(C(F)(F)F)cs1. The first kappa shape index (κ1) is 23.2. The van der Waals surface area contributed by atoms with E-state index in [9.17, 15) is 13.2 Å². The molecule has 1 aromatic carbocycles. The van der Waals surface area contributed by atoms with Crippen molar-refractivity contribution in [2.75, 3.05) is 13.1 Å².